The van der Waals surface area contributed by atoms with Gasteiger partial charge >= 0.3 is 0 Å². The summed E-state index contributed by atoms with van der Waals surface area (Å²) in [7, 11) is 0. The van der Waals surface area contributed by atoms with E-state index in [1.165, 1.54) is 0 Å². The van der Waals surface area contributed by atoms with Gasteiger partial charge in [-0.3, -0.25) is 9.59 Å². The Morgan fingerprint density at radius 2 is 1.71 bits per heavy atom. The van der Waals surface area contributed by atoms with Crippen molar-refractivity contribution >= 4 is 11.8 Å². The van der Waals surface area contributed by atoms with E-state index in [9.17, 15) is 9.59 Å². The highest BCUT2D eigenvalue weighted by Gasteiger charge is 2.32. The van der Waals surface area contributed by atoms with Crippen LogP contribution in [0.4, 0.5) is 0 Å². The van der Waals surface area contributed by atoms with Gasteiger partial charge in [-0.25, -0.2) is 0 Å². The molecule has 2 unspecified atom stereocenters. The molecule has 24 heavy (non-hydrogen) atoms. The van der Waals surface area contributed by atoms with E-state index in [-0.39, 0.29) is 36.2 Å². The average Bonchev–Trinajstić information content (AvgIpc) is 3.00. The zero-order chi connectivity index (χ0) is 17.3. The first-order chi connectivity index (χ1) is 11.3. The van der Waals surface area contributed by atoms with E-state index in [2.05, 4.69) is 20.8 Å². The highest BCUT2D eigenvalue weighted by molar-refractivity contribution is 5.96. The molecule has 6 heteroatoms. The highest BCUT2D eigenvalue weighted by Crippen LogP contribution is 2.24. The third kappa shape index (κ3) is 3.87. The molecule has 0 spiro atoms. The molecule has 0 aromatic carbocycles. The predicted octanol–water partition coefficient (Wildman–Crippen LogP) is 1.33. The molecule has 2 amide bonds. The summed E-state index contributed by atoms with van der Waals surface area (Å²) in [5.41, 5.74) is 0.637. The molecule has 0 aromatic heterocycles. The number of carbonyl (C=O) groups is 2. The second-order valence-corrected chi connectivity index (χ2v) is 7.77. The summed E-state index contributed by atoms with van der Waals surface area (Å²) in [4.78, 5) is 28.6. The van der Waals surface area contributed by atoms with Crippen molar-refractivity contribution in [1.82, 2.24) is 9.80 Å². The van der Waals surface area contributed by atoms with Crippen molar-refractivity contribution in [2.24, 2.45) is 5.41 Å². The van der Waals surface area contributed by atoms with Crippen LogP contribution in [0.2, 0.25) is 0 Å². The molecule has 2 heterocycles. The van der Waals surface area contributed by atoms with Gasteiger partial charge in [0.2, 0.25) is 5.91 Å². The first-order valence-corrected chi connectivity index (χ1v) is 8.54. The first kappa shape index (κ1) is 17.2. The lowest BCUT2D eigenvalue weighted by Gasteiger charge is -2.36. The standard InChI is InChI=1S/C18H26N2O4/c1-18(2,3)11-16(21)19-6-8-20(9-7-19)17(22)13-4-5-14-15(10-13)24-12-23-14/h4-5,10,14-15H,6-9,11-12H2,1-3H3. The SMILES string of the molecule is CC(C)(C)CC(=O)N1CCN(C(=O)C2=CC3OCOC3C=C2)CC1. The molecule has 2 fully saturated rings. The Morgan fingerprint density at radius 3 is 2.38 bits per heavy atom. The van der Waals surface area contributed by atoms with Gasteiger partial charge in [-0.2, -0.15) is 0 Å². The molecular weight excluding hydrogens is 308 g/mol. The molecule has 2 aliphatic heterocycles. The van der Waals surface area contributed by atoms with E-state index >= 15 is 0 Å². The molecule has 2 saturated heterocycles. The number of fused-ring (bicyclic) bond motifs is 1. The second-order valence-electron chi connectivity index (χ2n) is 7.77. The molecular formula is C18H26N2O4. The summed E-state index contributed by atoms with van der Waals surface area (Å²) < 4.78 is 10.8. The molecule has 1 aliphatic carbocycles. The number of rotatable bonds is 2. The summed E-state index contributed by atoms with van der Waals surface area (Å²) in [6.07, 6.45) is 5.84. The van der Waals surface area contributed by atoms with Gasteiger partial charge in [0.1, 0.15) is 19.0 Å². The van der Waals surface area contributed by atoms with E-state index in [4.69, 9.17) is 9.47 Å². The summed E-state index contributed by atoms with van der Waals surface area (Å²) in [6, 6.07) is 0. The predicted molar refractivity (Wildman–Crippen MR) is 89.1 cm³/mol. The average molecular weight is 334 g/mol. The van der Waals surface area contributed by atoms with E-state index < -0.39 is 0 Å². The van der Waals surface area contributed by atoms with Crippen molar-refractivity contribution in [3.8, 4) is 0 Å². The largest absolute Gasteiger partial charge is 0.345 e. The van der Waals surface area contributed by atoms with Crippen LogP contribution in [0.5, 0.6) is 0 Å². The molecule has 0 radical (unpaired) electrons. The summed E-state index contributed by atoms with van der Waals surface area (Å²) in [5, 5.41) is 0. The van der Waals surface area contributed by atoms with Crippen LogP contribution in [0, 0.1) is 5.41 Å². The fourth-order valence-electron chi connectivity index (χ4n) is 3.17. The maximum absolute atomic E-state index is 12.7. The molecule has 0 bridgehead atoms. The molecule has 0 aromatic rings. The Bertz CT molecular complexity index is 568. The van der Waals surface area contributed by atoms with E-state index in [0.29, 0.717) is 38.2 Å². The lowest BCUT2D eigenvalue weighted by atomic mass is 9.91. The second kappa shape index (κ2) is 6.69. The number of ether oxygens (including phenoxy) is 2. The molecule has 2 atom stereocenters. The lowest BCUT2D eigenvalue weighted by Crippen LogP contribution is -2.51. The number of amides is 2. The van der Waals surface area contributed by atoms with E-state index in [0.717, 1.165) is 0 Å². The Hall–Kier alpha value is -1.66. The van der Waals surface area contributed by atoms with Crippen LogP contribution in [0.15, 0.2) is 23.8 Å². The maximum Gasteiger partial charge on any atom is 0.253 e. The third-order valence-corrected chi connectivity index (χ3v) is 4.50. The van der Waals surface area contributed by atoms with Crippen molar-refractivity contribution < 1.29 is 19.1 Å². The fourth-order valence-corrected chi connectivity index (χ4v) is 3.17. The summed E-state index contributed by atoms with van der Waals surface area (Å²) >= 11 is 0. The van der Waals surface area contributed by atoms with Gasteiger partial charge in [-0.05, 0) is 11.5 Å². The minimum Gasteiger partial charge on any atom is -0.345 e. The van der Waals surface area contributed by atoms with Gasteiger partial charge in [0, 0.05) is 38.2 Å². The Morgan fingerprint density at radius 1 is 1.08 bits per heavy atom. The van der Waals surface area contributed by atoms with Crippen LogP contribution in [-0.4, -0.2) is 66.8 Å². The molecule has 3 rings (SSSR count). The Balaban J connectivity index is 1.54. The minimum atomic E-state index is -0.163. The maximum atomic E-state index is 12.7. The van der Waals surface area contributed by atoms with Gasteiger partial charge in [0.25, 0.3) is 5.91 Å². The minimum absolute atomic E-state index is 0.00289. The number of carbonyl (C=O) groups excluding carboxylic acids is 2. The van der Waals surface area contributed by atoms with Gasteiger partial charge in [0.15, 0.2) is 0 Å². The quantitative estimate of drug-likeness (QED) is 0.764. The van der Waals surface area contributed by atoms with Crippen molar-refractivity contribution in [3.63, 3.8) is 0 Å². The summed E-state index contributed by atoms with van der Waals surface area (Å²) in [6.45, 7) is 8.81. The number of hydrogen-bond donors (Lipinski definition) is 0. The zero-order valence-electron chi connectivity index (χ0n) is 14.7. The molecule has 6 nitrogen and oxygen atoms in total. The molecule has 132 valence electrons. The molecule has 0 saturated carbocycles. The van der Waals surface area contributed by atoms with Gasteiger partial charge < -0.3 is 19.3 Å². The van der Waals surface area contributed by atoms with Crippen LogP contribution >= 0.6 is 0 Å². The number of hydrogen-bond acceptors (Lipinski definition) is 4. The summed E-state index contributed by atoms with van der Waals surface area (Å²) in [5.74, 6) is 0.175. The fraction of sp³-hybridized carbons (Fsp3) is 0.667. The van der Waals surface area contributed by atoms with Crippen LogP contribution in [-0.2, 0) is 19.1 Å². The van der Waals surface area contributed by atoms with Crippen molar-refractivity contribution in [2.75, 3.05) is 33.0 Å². The normalized spacial score (nSPS) is 27.0. The highest BCUT2D eigenvalue weighted by atomic mass is 16.7. The van der Waals surface area contributed by atoms with Gasteiger partial charge in [-0.1, -0.05) is 32.9 Å². The zero-order valence-corrected chi connectivity index (χ0v) is 14.7. The monoisotopic (exact) mass is 334 g/mol. The van der Waals surface area contributed by atoms with Crippen LogP contribution in [0.3, 0.4) is 0 Å². The Labute approximate surface area is 143 Å². The lowest BCUT2D eigenvalue weighted by molar-refractivity contribution is -0.138. The third-order valence-electron chi connectivity index (χ3n) is 4.50. The molecule has 3 aliphatic rings. The van der Waals surface area contributed by atoms with Crippen molar-refractivity contribution in [3.05, 3.63) is 23.8 Å². The van der Waals surface area contributed by atoms with Crippen LogP contribution in [0.1, 0.15) is 27.2 Å². The first-order valence-electron chi connectivity index (χ1n) is 8.54. The van der Waals surface area contributed by atoms with E-state index in [1.807, 2.05) is 28.0 Å². The van der Waals surface area contributed by atoms with Crippen LogP contribution < -0.4 is 0 Å². The van der Waals surface area contributed by atoms with Crippen molar-refractivity contribution in [1.29, 1.82) is 0 Å². The molecule has 0 N–H and O–H groups in total. The van der Waals surface area contributed by atoms with Gasteiger partial charge in [0.05, 0.1) is 0 Å². The number of piperazine rings is 1. The Kier molecular flexibility index (Phi) is 4.78. The van der Waals surface area contributed by atoms with Crippen molar-refractivity contribution in [2.45, 2.75) is 39.4 Å². The number of nitrogens with zero attached hydrogens (tertiary/aromatic N) is 2. The van der Waals surface area contributed by atoms with E-state index in [1.54, 1.807) is 0 Å². The van der Waals surface area contributed by atoms with Crippen LogP contribution in [0.25, 0.3) is 0 Å². The smallest absolute Gasteiger partial charge is 0.253 e. The topological polar surface area (TPSA) is 59.1 Å². The van der Waals surface area contributed by atoms with Gasteiger partial charge in [-0.15, -0.1) is 0 Å².